The fraction of sp³-hybridized carbons (Fsp3) is 0.611. The van der Waals surface area contributed by atoms with E-state index in [0.29, 0.717) is 24.6 Å². The minimum Gasteiger partial charge on any atom is -0.349 e. The van der Waals surface area contributed by atoms with Gasteiger partial charge in [0.2, 0.25) is 10.0 Å². The van der Waals surface area contributed by atoms with Gasteiger partial charge in [0, 0.05) is 24.7 Å². The third-order valence-corrected chi connectivity index (χ3v) is 7.48. The van der Waals surface area contributed by atoms with Crippen LogP contribution in [0.5, 0.6) is 0 Å². The monoisotopic (exact) mass is 386 g/mol. The zero-order chi connectivity index (χ0) is 18.6. The van der Waals surface area contributed by atoms with E-state index in [-0.39, 0.29) is 21.9 Å². The van der Waals surface area contributed by atoms with Crippen molar-refractivity contribution >= 4 is 27.5 Å². The first-order chi connectivity index (χ1) is 11.8. The minimum atomic E-state index is -3.71. The summed E-state index contributed by atoms with van der Waals surface area (Å²) in [6.07, 6.45) is 4.37. The number of amides is 1. The van der Waals surface area contributed by atoms with Gasteiger partial charge in [-0.1, -0.05) is 45.2 Å². The van der Waals surface area contributed by atoms with E-state index in [1.165, 1.54) is 22.9 Å². The number of rotatable bonds is 6. The fourth-order valence-corrected chi connectivity index (χ4v) is 5.29. The fourth-order valence-electron chi connectivity index (χ4n) is 3.33. The molecule has 1 N–H and O–H groups in total. The summed E-state index contributed by atoms with van der Waals surface area (Å²) < 4.78 is 26.8. The molecule has 1 saturated carbocycles. The molecule has 0 radical (unpaired) electrons. The summed E-state index contributed by atoms with van der Waals surface area (Å²) in [4.78, 5) is 12.6. The van der Waals surface area contributed by atoms with Crippen LogP contribution < -0.4 is 5.32 Å². The average molecular weight is 387 g/mol. The van der Waals surface area contributed by atoms with Crippen molar-refractivity contribution in [3.05, 3.63) is 28.8 Å². The van der Waals surface area contributed by atoms with Crippen molar-refractivity contribution in [3.8, 4) is 0 Å². The summed E-state index contributed by atoms with van der Waals surface area (Å²) in [5, 5.41) is 3.18. The first-order valence-corrected chi connectivity index (χ1v) is 10.7. The minimum absolute atomic E-state index is 0.0118. The van der Waals surface area contributed by atoms with Gasteiger partial charge in [-0.15, -0.1) is 0 Å². The third-order valence-electron chi connectivity index (χ3n) is 4.94. The second-order valence-electron chi connectivity index (χ2n) is 6.58. The molecule has 0 aliphatic heterocycles. The topological polar surface area (TPSA) is 66.5 Å². The SMILES string of the molecule is CCN(CC)S(=O)(=O)c1cc(C(=O)N[C@@H]2CCCC[C@H]2C)ccc1Cl. The van der Waals surface area contributed by atoms with Gasteiger partial charge in [-0.2, -0.15) is 4.31 Å². The second-order valence-corrected chi connectivity index (χ2v) is 8.89. The molecule has 2 rings (SSSR count). The zero-order valence-electron chi connectivity index (χ0n) is 15.1. The first kappa shape index (κ1) is 20.2. The standard InChI is InChI=1S/C18H27ClN2O3S/c1-4-21(5-2)25(23,24)17-12-14(10-11-15(17)19)18(22)20-16-9-7-6-8-13(16)3/h10-13,16H,4-9H2,1-3H3,(H,20,22)/t13-,16-/m1/s1. The van der Waals surface area contributed by atoms with Crippen molar-refractivity contribution in [2.24, 2.45) is 5.92 Å². The van der Waals surface area contributed by atoms with Crippen LogP contribution in [0.1, 0.15) is 56.8 Å². The van der Waals surface area contributed by atoms with Gasteiger partial charge in [-0.3, -0.25) is 4.79 Å². The van der Waals surface area contributed by atoms with E-state index in [2.05, 4.69) is 12.2 Å². The van der Waals surface area contributed by atoms with E-state index < -0.39 is 10.0 Å². The van der Waals surface area contributed by atoms with Crippen LogP contribution in [-0.4, -0.2) is 37.8 Å². The van der Waals surface area contributed by atoms with E-state index in [0.717, 1.165) is 19.3 Å². The molecule has 0 bridgehead atoms. The average Bonchev–Trinajstić information content (AvgIpc) is 2.58. The zero-order valence-corrected chi connectivity index (χ0v) is 16.7. The molecule has 0 aromatic heterocycles. The number of nitrogens with one attached hydrogen (secondary N) is 1. The van der Waals surface area contributed by atoms with Gasteiger partial charge in [-0.05, 0) is 37.0 Å². The van der Waals surface area contributed by atoms with Crippen molar-refractivity contribution < 1.29 is 13.2 Å². The molecular formula is C18H27ClN2O3S. The first-order valence-electron chi connectivity index (χ1n) is 8.91. The van der Waals surface area contributed by atoms with Gasteiger partial charge in [0.1, 0.15) is 4.90 Å². The predicted molar refractivity (Wildman–Crippen MR) is 100 cm³/mol. The summed E-state index contributed by atoms with van der Waals surface area (Å²) in [5.74, 6) is 0.190. The van der Waals surface area contributed by atoms with Crippen LogP contribution in [0.15, 0.2) is 23.1 Å². The summed E-state index contributed by atoms with van der Waals surface area (Å²) in [5.41, 5.74) is 0.327. The van der Waals surface area contributed by atoms with E-state index in [9.17, 15) is 13.2 Å². The number of hydrogen-bond donors (Lipinski definition) is 1. The maximum atomic E-state index is 12.7. The van der Waals surface area contributed by atoms with Crippen LogP contribution in [0.3, 0.4) is 0 Å². The number of sulfonamides is 1. The summed E-state index contributed by atoms with van der Waals surface area (Å²) in [7, 11) is -3.71. The van der Waals surface area contributed by atoms with Gasteiger partial charge in [0.15, 0.2) is 0 Å². The number of halogens is 1. The van der Waals surface area contributed by atoms with Crippen molar-refractivity contribution in [3.63, 3.8) is 0 Å². The molecule has 0 unspecified atom stereocenters. The molecule has 5 nitrogen and oxygen atoms in total. The Kier molecular flexibility index (Phi) is 6.88. The summed E-state index contributed by atoms with van der Waals surface area (Å²) >= 11 is 6.12. The Balaban J connectivity index is 2.27. The lowest BCUT2D eigenvalue weighted by atomic mass is 9.86. The number of hydrogen-bond acceptors (Lipinski definition) is 3. The van der Waals surface area contributed by atoms with E-state index in [4.69, 9.17) is 11.6 Å². The van der Waals surface area contributed by atoms with Crippen molar-refractivity contribution in [1.82, 2.24) is 9.62 Å². The normalized spacial score (nSPS) is 21.3. The number of carbonyl (C=O) groups excluding carboxylic acids is 1. The van der Waals surface area contributed by atoms with Crippen molar-refractivity contribution in [1.29, 1.82) is 0 Å². The lowest BCUT2D eigenvalue weighted by molar-refractivity contribution is 0.0910. The molecule has 25 heavy (non-hydrogen) atoms. The Labute approximate surface area is 155 Å². The maximum Gasteiger partial charge on any atom is 0.251 e. The number of carbonyl (C=O) groups is 1. The molecule has 0 spiro atoms. The molecule has 1 aliphatic carbocycles. The highest BCUT2D eigenvalue weighted by Gasteiger charge is 2.27. The summed E-state index contributed by atoms with van der Waals surface area (Å²) in [6, 6.07) is 4.59. The van der Waals surface area contributed by atoms with Crippen LogP contribution in [0, 0.1) is 5.92 Å². The Morgan fingerprint density at radius 2 is 1.88 bits per heavy atom. The van der Waals surface area contributed by atoms with Crippen LogP contribution in [0.4, 0.5) is 0 Å². The quantitative estimate of drug-likeness (QED) is 0.810. The molecule has 7 heteroatoms. The van der Waals surface area contributed by atoms with Crippen molar-refractivity contribution in [2.45, 2.75) is 57.4 Å². The molecule has 2 atom stereocenters. The number of nitrogens with zero attached hydrogens (tertiary/aromatic N) is 1. The molecule has 1 aliphatic rings. The Morgan fingerprint density at radius 3 is 2.48 bits per heavy atom. The molecule has 0 saturated heterocycles. The van der Waals surface area contributed by atoms with Crippen LogP contribution >= 0.6 is 11.6 Å². The third kappa shape index (κ3) is 4.54. The molecule has 1 amide bonds. The number of benzene rings is 1. The van der Waals surface area contributed by atoms with E-state index in [1.54, 1.807) is 19.9 Å². The van der Waals surface area contributed by atoms with Crippen molar-refractivity contribution in [2.75, 3.05) is 13.1 Å². The molecular weight excluding hydrogens is 360 g/mol. The van der Waals surface area contributed by atoms with Gasteiger partial charge in [0.05, 0.1) is 5.02 Å². The highest BCUT2D eigenvalue weighted by molar-refractivity contribution is 7.89. The molecule has 140 valence electrons. The lowest BCUT2D eigenvalue weighted by Gasteiger charge is -2.29. The predicted octanol–water partition coefficient (Wildman–Crippen LogP) is 3.68. The summed E-state index contributed by atoms with van der Waals surface area (Å²) in [6.45, 7) is 6.39. The highest BCUT2D eigenvalue weighted by Crippen LogP contribution is 2.27. The van der Waals surface area contributed by atoms with Gasteiger partial charge >= 0.3 is 0 Å². The smallest absolute Gasteiger partial charge is 0.251 e. The Morgan fingerprint density at radius 1 is 1.24 bits per heavy atom. The Bertz CT molecular complexity index is 717. The second kappa shape index (κ2) is 8.52. The lowest BCUT2D eigenvalue weighted by Crippen LogP contribution is -2.41. The van der Waals surface area contributed by atoms with Gasteiger partial charge in [-0.25, -0.2) is 8.42 Å². The van der Waals surface area contributed by atoms with Crippen LogP contribution in [0.25, 0.3) is 0 Å². The largest absolute Gasteiger partial charge is 0.349 e. The molecule has 1 aromatic carbocycles. The highest BCUT2D eigenvalue weighted by atomic mass is 35.5. The van der Waals surface area contributed by atoms with E-state index >= 15 is 0 Å². The van der Waals surface area contributed by atoms with Gasteiger partial charge in [0.25, 0.3) is 5.91 Å². The maximum absolute atomic E-state index is 12.7. The van der Waals surface area contributed by atoms with Crippen LogP contribution in [-0.2, 0) is 10.0 Å². The Hall–Kier alpha value is -1.11. The van der Waals surface area contributed by atoms with E-state index in [1.807, 2.05) is 0 Å². The van der Waals surface area contributed by atoms with Crippen LogP contribution in [0.2, 0.25) is 5.02 Å². The molecule has 1 fully saturated rings. The molecule has 0 heterocycles. The van der Waals surface area contributed by atoms with Gasteiger partial charge < -0.3 is 5.32 Å². The molecule has 1 aromatic rings.